The molecule has 1 rings (SSSR count). The second-order valence-electron chi connectivity index (χ2n) is 4.45. The van der Waals surface area contributed by atoms with Crippen molar-refractivity contribution < 1.29 is 9.90 Å². The summed E-state index contributed by atoms with van der Waals surface area (Å²) in [6.07, 6.45) is 7.81. The molecule has 0 amide bonds. The van der Waals surface area contributed by atoms with E-state index in [-0.39, 0.29) is 0 Å². The van der Waals surface area contributed by atoms with E-state index >= 15 is 0 Å². The summed E-state index contributed by atoms with van der Waals surface area (Å²) in [6.45, 7) is 4.23. The highest BCUT2D eigenvalue weighted by molar-refractivity contribution is 5.77. The highest BCUT2D eigenvalue weighted by Crippen LogP contribution is 2.27. The zero-order chi connectivity index (χ0) is 12.7. The fourth-order valence-corrected chi connectivity index (χ4v) is 1.93. The number of hydrogen-bond acceptors (Lipinski definition) is 2. The van der Waals surface area contributed by atoms with Crippen LogP contribution < -0.4 is 0 Å². The van der Waals surface area contributed by atoms with Crippen LogP contribution in [0.3, 0.4) is 0 Å². The molecular formula is C15H21O2. The van der Waals surface area contributed by atoms with Crippen molar-refractivity contribution in [1.82, 2.24) is 0 Å². The molecule has 0 unspecified atom stereocenters. The molecule has 0 spiro atoms. The highest BCUT2D eigenvalue weighted by Gasteiger charge is 2.09. The quantitative estimate of drug-likeness (QED) is 0.782. The summed E-state index contributed by atoms with van der Waals surface area (Å²) in [5.74, 6) is 0.380. The van der Waals surface area contributed by atoms with Crippen LogP contribution in [-0.4, -0.2) is 11.4 Å². The van der Waals surface area contributed by atoms with E-state index in [9.17, 15) is 9.90 Å². The number of rotatable bonds is 7. The molecule has 93 valence electrons. The minimum atomic E-state index is 0.380. The summed E-state index contributed by atoms with van der Waals surface area (Å²) in [4.78, 5) is 10.8. The molecule has 17 heavy (non-hydrogen) atoms. The Morgan fingerprint density at radius 3 is 1.88 bits per heavy atom. The van der Waals surface area contributed by atoms with Gasteiger partial charge in [0.25, 0.3) is 0 Å². The van der Waals surface area contributed by atoms with Crippen molar-refractivity contribution >= 4 is 6.29 Å². The Hall–Kier alpha value is -1.31. The number of aromatic hydroxyl groups is 1. The van der Waals surface area contributed by atoms with Gasteiger partial charge in [-0.3, -0.25) is 4.79 Å². The summed E-state index contributed by atoms with van der Waals surface area (Å²) in [7, 11) is 0. The van der Waals surface area contributed by atoms with Crippen LogP contribution >= 0.6 is 0 Å². The lowest BCUT2D eigenvalue weighted by molar-refractivity contribution is 0.458. The van der Waals surface area contributed by atoms with Crippen molar-refractivity contribution in [3.8, 4) is 5.75 Å². The van der Waals surface area contributed by atoms with Crippen LogP contribution in [0, 0.1) is 0 Å². The van der Waals surface area contributed by atoms with E-state index in [1.54, 1.807) is 12.1 Å². The third-order valence-electron chi connectivity index (χ3n) is 2.98. The Kier molecular flexibility index (Phi) is 5.75. The maximum Gasteiger partial charge on any atom is 0.233 e. The predicted molar refractivity (Wildman–Crippen MR) is 70.1 cm³/mol. The van der Waals surface area contributed by atoms with Crippen molar-refractivity contribution in [3.63, 3.8) is 0 Å². The van der Waals surface area contributed by atoms with Gasteiger partial charge in [-0.05, 0) is 48.9 Å². The van der Waals surface area contributed by atoms with Gasteiger partial charge in [-0.1, -0.05) is 26.7 Å². The molecule has 0 aliphatic heterocycles. The maximum absolute atomic E-state index is 10.8. The third kappa shape index (κ3) is 3.88. The molecule has 0 aromatic heterocycles. The Morgan fingerprint density at radius 2 is 1.53 bits per heavy atom. The lowest BCUT2D eigenvalue weighted by Crippen LogP contribution is -1.96. The molecule has 0 heterocycles. The predicted octanol–water partition coefficient (Wildman–Crippen LogP) is 3.54. The lowest BCUT2D eigenvalue weighted by atomic mass is 9.97. The van der Waals surface area contributed by atoms with Gasteiger partial charge in [0.1, 0.15) is 5.75 Å². The second kappa shape index (κ2) is 7.10. The molecule has 0 aliphatic rings. The zero-order valence-electron chi connectivity index (χ0n) is 10.8. The summed E-state index contributed by atoms with van der Waals surface area (Å²) in [6, 6.07) is 3.51. The molecule has 1 aromatic carbocycles. The van der Waals surface area contributed by atoms with Crippen molar-refractivity contribution in [2.75, 3.05) is 0 Å². The average molecular weight is 233 g/mol. The van der Waals surface area contributed by atoms with E-state index < -0.39 is 0 Å². The van der Waals surface area contributed by atoms with Crippen LogP contribution in [0.2, 0.25) is 0 Å². The van der Waals surface area contributed by atoms with Gasteiger partial charge in [0.15, 0.2) is 0 Å². The molecule has 1 N–H and O–H groups in total. The van der Waals surface area contributed by atoms with Crippen LogP contribution in [0.15, 0.2) is 12.1 Å². The normalized spacial score (nSPS) is 10.5. The number of benzene rings is 1. The number of unbranched alkanes of at least 4 members (excludes halogenated alkanes) is 2. The molecular weight excluding hydrogens is 212 g/mol. The maximum atomic E-state index is 10.8. The number of hydrogen-bond donors (Lipinski definition) is 1. The van der Waals surface area contributed by atoms with Gasteiger partial charge >= 0.3 is 0 Å². The highest BCUT2D eigenvalue weighted by atomic mass is 16.3. The van der Waals surface area contributed by atoms with Gasteiger partial charge in [0.05, 0.1) is 0 Å². The van der Waals surface area contributed by atoms with Crippen LogP contribution in [0.5, 0.6) is 5.75 Å². The fraction of sp³-hybridized carbons (Fsp3) is 0.533. The van der Waals surface area contributed by atoms with Gasteiger partial charge in [-0.2, -0.15) is 0 Å². The fourth-order valence-electron chi connectivity index (χ4n) is 1.93. The number of phenolic OH excluding ortho intramolecular Hbond substituents is 1. The average Bonchev–Trinajstić information content (AvgIpc) is 2.36. The van der Waals surface area contributed by atoms with Gasteiger partial charge in [0.2, 0.25) is 6.29 Å². The molecule has 1 aromatic rings. The largest absolute Gasteiger partial charge is 0.507 e. The van der Waals surface area contributed by atoms with Crippen LogP contribution in [0.25, 0.3) is 0 Å². The summed E-state index contributed by atoms with van der Waals surface area (Å²) in [5.41, 5.74) is 2.33. The molecule has 0 atom stereocenters. The standard InChI is InChI=1S/C15H21O2/c1-3-5-7-13-9-12(11-16)10-14(15(13)17)8-6-4-2/h9-10,17H,3-8H2,1-2H3. The Bertz CT molecular complexity index is 340. The molecule has 2 nitrogen and oxygen atoms in total. The second-order valence-corrected chi connectivity index (χ2v) is 4.45. The topological polar surface area (TPSA) is 37.3 Å². The molecule has 0 saturated carbocycles. The van der Waals surface area contributed by atoms with Crippen molar-refractivity contribution in [3.05, 3.63) is 28.8 Å². The minimum Gasteiger partial charge on any atom is -0.507 e. The van der Waals surface area contributed by atoms with Gasteiger partial charge < -0.3 is 5.11 Å². The molecule has 0 saturated heterocycles. The number of carbonyl (C=O) groups excluding carboxylic acids is 1. The van der Waals surface area contributed by atoms with Crippen LogP contribution in [0.4, 0.5) is 0 Å². The number of aryl methyl sites for hydroxylation is 2. The van der Waals surface area contributed by atoms with Crippen LogP contribution in [-0.2, 0) is 17.6 Å². The van der Waals surface area contributed by atoms with E-state index in [1.807, 2.05) is 6.29 Å². The molecule has 1 radical (unpaired) electrons. The molecule has 0 aliphatic carbocycles. The summed E-state index contributed by atoms with van der Waals surface area (Å²) in [5, 5.41) is 10.1. The van der Waals surface area contributed by atoms with Gasteiger partial charge in [0, 0.05) is 5.56 Å². The van der Waals surface area contributed by atoms with Gasteiger partial charge in [-0.25, -0.2) is 0 Å². The Labute approximate surface area is 104 Å². The van der Waals surface area contributed by atoms with E-state index in [1.165, 1.54) is 0 Å². The van der Waals surface area contributed by atoms with E-state index in [0.717, 1.165) is 49.7 Å². The smallest absolute Gasteiger partial charge is 0.233 e. The van der Waals surface area contributed by atoms with Crippen molar-refractivity contribution in [2.45, 2.75) is 52.4 Å². The molecule has 0 bridgehead atoms. The molecule has 2 heteroatoms. The first-order chi connectivity index (χ1) is 8.22. The van der Waals surface area contributed by atoms with Gasteiger partial charge in [-0.15, -0.1) is 0 Å². The Morgan fingerprint density at radius 1 is 1.06 bits per heavy atom. The van der Waals surface area contributed by atoms with Crippen molar-refractivity contribution in [1.29, 1.82) is 0 Å². The van der Waals surface area contributed by atoms with E-state index in [4.69, 9.17) is 0 Å². The van der Waals surface area contributed by atoms with Crippen LogP contribution in [0.1, 0.15) is 56.2 Å². The first-order valence-electron chi connectivity index (χ1n) is 6.45. The molecule has 0 fully saturated rings. The zero-order valence-corrected chi connectivity index (χ0v) is 10.8. The Balaban J connectivity index is 2.98. The third-order valence-corrected chi connectivity index (χ3v) is 2.98. The lowest BCUT2D eigenvalue weighted by Gasteiger charge is -2.10. The summed E-state index contributed by atoms with van der Waals surface area (Å²) < 4.78 is 0. The number of phenols is 1. The first kappa shape index (κ1) is 13.8. The summed E-state index contributed by atoms with van der Waals surface area (Å²) >= 11 is 0. The van der Waals surface area contributed by atoms with E-state index in [2.05, 4.69) is 13.8 Å². The van der Waals surface area contributed by atoms with Crippen molar-refractivity contribution in [2.24, 2.45) is 0 Å². The SMILES string of the molecule is CCCCc1cc([C]=O)cc(CCCC)c1O. The minimum absolute atomic E-state index is 0.380. The van der Waals surface area contributed by atoms with E-state index in [0.29, 0.717) is 11.3 Å². The first-order valence-corrected chi connectivity index (χ1v) is 6.45. The monoisotopic (exact) mass is 233 g/mol.